The number of halogens is 1. The van der Waals surface area contributed by atoms with Gasteiger partial charge in [-0.2, -0.15) is 0 Å². The van der Waals surface area contributed by atoms with Crippen molar-refractivity contribution < 1.29 is 17.6 Å². The number of benzene rings is 1. The quantitative estimate of drug-likeness (QED) is 0.888. The van der Waals surface area contributed by atoms with Gasteiger partial charge in [-0.15, -0.1) is 0 Å². The maximum atomic E-state index is 13.4. The van der Waals surface area contributed by atoms with Crippen LogP contribution in [0.3, 0.4) is 0 Å². The smallest absolute Gasteiger partial charge is 0.238 e. The van der Waals surface area contributed by atoms with Crippen LogP contribution in [0.15, 0.2) is 24.3 Å². The van der Waals surface area contributed by atoms with Crippen molar-refractivity contribution in [2.45, 2.75) is 31.6 Å². The SMILES string of the molecule is C[C@H](Cc1ccccc1F)NC(=O)[C@H](C)S(C)(=O)=O. The molecule has 0 aliphatic carbocycles. The van der Waals surface area contributed by atoms with Crippen LogP contribution in [0.4, 0.5) is 4.39 Å². The monoisotopic (exact) mass is 287 g/mol. The summed E-state index contributed by atoms with van der Waals surface area (Å²) < 4.78 is 35.9. The molecule has 1 N–H and O–H groups in total. The molecule has 0 spiro atoms. The number of sulfone groups is 1. The molecule has 0 aliphatic rings. The third kappa shape index (κ3) is 4.63. The van der Waals surface area contributed by atoms with Crippen molar-refractivity contribution in [3.05, 3.63) is 35.6 Å². The van der Waals surface area contributed by atoms with Gasteiger partial charge in [0.1, 0.15) is 11.1 Å². The average molecular weight is 287 g/mol. The van der Waals surface area contributed by atoms with Crippen molar-refractivity contribution in [1.82, 2.24) is 5.32 Å². The number of carbonyl (C=O) groups excluding carboxylic acids is 1. The van der Waals surface area contributed by atoms with Gasteiger partial charge in [0.05, 0.1) is 0 Å². The van der Waals surface area contributed by atoms with Gasteiger partial charge in [-0.1, -0.05) is 18.2 Å². The highest BCUT2D eigenvalue weighted by molar-refractivity contribution is 7.92. The minimum Gasteiger partial charge on any atom is -0.352 e. The predicted octanol–water partition coefficient (Wildman–Crippen LogP) is 1.31. The molecule has 0 bridgehead atoms. The van der Waals surface area contributed by atoms with Crippen molar-refractivity contribution >= 4 is 15.7 Å². The first-order chi connectivity index (χ1) is 8.71. The van der Waals surface area contributed by atoms with Crippen molar-refractivity contribution in [3.63, 3.8) is 0 Å². The molecular formula is C13H18FNO3S. The molecule has 19 heavy (non-hydrogen) atoms. The van der Waals surface area contributed by atoms with Crippen LogP contribution >= 0.6 is 0 Å². The summed E-state index contributed by atoms with van der Waals surface area (Å²) >= 11 is 0. The van der Waals surface area contributed by atoms with Crippen LogP contribution in [-0.2, 0) is 21.1 Å². The molecule has 0 saturated carbocycles. The molecule has 1 rings (SSSR count). The van der Waals surface area contributed by atoms with Crippen LogP contribution in [0.25, 0.3) is 0 Å². The Morgan fingerprint density at radius 1 is 1.32 bits per heavy atom. The Kier molecular flexibility index (Phi) is 5.05. The highest BCUT2D eigenvalue weighted by Crippen LogP contribution is 2.09. The summed E-state index contributed by atoms with van der Waals surface area (Å²) in [7, 11) is -3.41. The molecule has 1 aromatic carbocycles. The molecule has 6 heteroatoms. The van der Waals surface area contributed by atoms with Gasteiger partial charge in [0, 0.05) is 12.3 Å². The Bertz CT molecular complexity index is 557. The Balaban J connectivity index is 2.64. The lowest BCUT2D eigenvalue weighted by Crippen LogP contribution is -2.42. The fourth-order valence-electron chi connectivity index (χ4n) is 1.60. The minimum absolute atomic E-state index is 0.314. The molecule has 0 fully saturated rings. The van der Waals surface area contributed by atoms with Crippen LogP contribution in [0.1, 0.15) is 19.4 Å². The normalized spacial score (nSPS) is 14.7. The van der Waals surface area contributed by atoms with E-state index in [9.17, 15) is 17.6 Å². The lowest BCUT2D eigenvalue weighted by Gasteiger charge is -2.17. The van der Waals surface area contributed by atoms with Crippen molar-refractivity contribution in [3.8, 4) is 0 Å². The summed E-state index contributed by atoms with van der Waals surface area (Å²) in [6.07, 6.45) is 1.33. The second-order valence-electron chi connectivity index (χ2n) is 4.68. The number of carbonyl (C=O) groups is 1. The van der Waals surface area contributed by atoms with E-state index in [-0.39, 0.29) is 11.9 Å². The molecule has 0 saturated heterocycles. The highest BCUT2D eigenvalue weighted by atomic mass is 32.2. The summed E-state index contributed by atoms with van der Waals surface area (Å²) in [4.78, 5) is 11.7. The van der Waals surface area contributed by atoms with Gasteiger partial charge in [0.2, 0.25) is 5.91 Å². The molecule has 2 atom stereocenters. The zero-order valence-corrected chi connectivity index (χ0v) is 12.0. The van der Waals surface area contributed by atoms with E-state index >= 15 is 0 Å². The zero-order chi connectivity index (χ0) is 14.6. The van der Waals surface area contributed by atoms with E-state index in [0.29, 0.717) is 12.0 Å². The first-order valence-electron chi connectivity index (χ1n) is 5.94. The molecule has 0 aliphatic heterocycles. The molecule has 0 aromatic heterocycles. The van der Waals surface area contributed by atoms with E-state index in [0.717, 1.165) is 6.26 Å². The van der Waals surface area contributed by atoms with Crippen molar-refractivity contribution in [1.29, 1.82) is 0 Å². The Morgan fingerprint density at radius 2 is 1.89 bits per heavy atom. The summed E-state index contributed by atoms with van der Waals surface area (Å²) in [6.45, 7) is 3.04. The summed E-state index contributed by atoms with van der Waals surface area (Å²) in [6, 6.07) is 5.95. The van der Waals surface area contributed by atoms with E-state index in [4.69, 9.17) is 0 Å². The Labute approximate surface area is 112 Å². The predicted molar refractivity (Wildman–Crippen MR) is 72.0 cm³/mol. The van der Waals surface area contributed by atoms with Crippen molar-refractivity contribution in [2.75, 3.05) is 6.26 Å². The molecule has 1 amide bonds. The maximum absolute atomic E-state index is 13.4. The fraction of sp³-hybridized carbons (Fsp3) is 0.462. The first-order valence-corrected chi connectivity index (χ1v) is 7.90. The van der Waals surface area contributed by atoms with E-state index in [1.807, 2.05) is 0 Å². The molecule has 0 radical (unpaired) electrons. The van der Waals surface area contributed by atoms with Crippen LogP contribution in [0.2, 0.25) is 0 Å². The number of hydrogen-bond acceptors (Lipinski definition) is 3. The fourth-order valence-corrected chi connectivity index (χ4v) is 2.06. The van der Waals surface area contributed by atoms with Crippen molar-refractivity contribution in [2.24, 2.45) is 0 Å². The standard InChI is InChI=1S/C13H18FNO3S/c1-9(8-11-6-4-5-7-12(11)14)15-13(16)10(2)19(3,17)18/h4-7,9-10H,8H2,1-3H3,(H,15,16)/t9-,10+/m1/s1. The highest BCUT2D eigenvalue weighted by Gasteiger charge is 2.24. The van der Waals surface area contributed by atoms with E-state index in [1.165, 1.54) is 13.0 Å². The van der Waals surface area contributed by atoms with Crippen LogP contribution in [-0.4, -0.2) is 31.9 Å². The lowest BCUT2D eigenvalue weighted by molar-refractivity contribution is -0.121. The van der Waals surface area contributed by atoms with E-state index in [1.54, 1.807) is 25.1 Å². The third-order valence-corrected chi connectivity index (χ3v) is 4.38. The summed E-state index contributed by atoms with van der Waals surface area (Å²) in [5, 5.41) is 1.48. The van der Waals surface area contributed by atoms with Gasteiger partial charge in [-0.3, -0.25) is 4.79 Å². The van der Waals surface area contributed by atoms with Crippen LogP contribution in [0.5, 0.6) is 0 Å². The van der Waals surface area contributed by atoms with Crippen LogP contribution < -0.4 is 5.32 Å². The zero-order valence-electron chi connectivity index (χ0n) is 11.2. The topological polar surface area (TPSA) is 63.2 Å². The van der Waals surface area contributed by atoms with Crippen LogP contribution in [0, 0.1) is 5.82 Å². The Hall–Kier alpha value is -1.43. The number of rotatable bonds is 5. The van der Waals surface area contributed by atoms with E-state index < -0.39 is 21.0 Å². The van der Waals surface area contributed by atoms with Gasteiger partial charge in [-0.25, -0.2) is 12.8 Å². The first kappa shape index (κ1) is 15.6. The molecule has 1 aromatic rings. The van der Waals surface area contributed by atoms with Gasteiger partial charge >= 0.3 is 0 Å². The third-order valence-electron chi connectivity index (χ3n) is 2.88. The molecular weight excluding hydrogens is 269 g/mol. The lowest BCUT2D eigenvalue weighted by atomic mass is 10.1. The maximum Gasteiger partial charge on any atom is 0.238 e. The molecule has 0 heterocycles. The Morgan fingerprint density at radius 3 is 2.42 bits per heavy atom. The largest absolute Gasteiger partial charge is 0.352 e. The second-order valence-corrected chi connectivity index (χ2v) is 7.04. The van der Waals surface area contributed by atoms with Gasteiger partial charge in [0.15, 0.2) is 9.84 Å². The summed E-state index contributed by atoms with van der Waals surface area (Å²) in [5.74, 6) is -0.897. The summed E-state index contributed by atoms with van der Waals surface area (Å²) in [5.41, 5.74) is 0.488. The number of amides is 1. The van der Waals surface area contributed by atoms with E-state index in [2.05, 4.69) is 5.32 Å². The number of hydrogen-bond donors (Lipinski definition) is 1. The molecule has 0 unspecified atom stereocenters. The second kappa shape index (κ2) is 6.14. The van der Waals surface area contributed by atoms with Gasteiger partial charge in [-0.05, 0) is 31.9 Å². The minimum atomic E-state index is -3.41. The average Bonchev–Trinajstić information content (AvgIpc) is 2.29. The van der Waals surface area contributed by atoms with Gasteiger partial charge in [0.25, 0.3) is 0 Å². The molecule has 4 nitrogen and oxygen atoms in total. The number of nitrogens with one attached hydrogen (secondary N) is 1. The van der Waals surface area contributed by atoms with Gasteiger partial charge < -0.3 is 5.32 Å². The molecule has 106 valence electrons.